The Morgan fingerprint density at radius 1 is 1.00 bits per heavy atom. The Kier molecular flexibility index (Phi) is 6.02. The van der Waals surface area contributed by atoms with Crippen molar-refractivity contribution in [3.05, 3.63) is 71.8 Å². The zero-order chi connectivity index (χ0) is 18.4. The minimum atomic E-state index is -0.944. The lowest BCUT2D eigenvalue weighted by Gasteiger charge is -2.33. The summed E-state index contributed by atoms with van der Waals surface area (Å²) in [5.74, 6) is -1.21. The summed E-state index contributed by atoms with van der Waals surface area (Å²) in [4.78, 5) is 25.5. The second-order valence-corrected chi connectivity index (χ2v) is 6.45. The molecule has 136 valence electrons. The van der Waals surface area contributed by atoms with E-state index >= 15 is 0 Å². The fourth-order valence-electron chi connectivity index (χ4n) is 3.36. The van der Waals surface area contributed by atoms with Gasteiger partial charge in [0.1, 0.15) is 18.8 Å². The molecule has 1 aliphatic heterocycles. The zero-order valence-corrected chi connectivity index (χ0v) is 14.6. The van der Waals surface area contributed by atoms with Crippen molar-refractivity contribution in [3.8, 4) is 0 Å². The van der Waals surface area contributed by atoms with Crippen LogP contribution in [0.2, 0.25) is 0 Å². The third kappa shape index (κ3) is 4.29. The van der Waals surface area contributed by atoms with E-state index in [-0.39, 0.29) is 18.6 Å². The van der Waals surface area contributed by atoms with Crippen LogP contribution in [-0.4, -0.2) is 41.1 Å². The average Bonchev–Trinajstić information content (AvgIpc) is 2.69. The topological polar surface area (TPSA) is 66.8 Å². The molecule has 5 heteroatoms. The van der Waals surface area contributed by atoms with E-state index in [1.54, 1.807) is 0 Å². The Balaban J connectivity index is 1.73. The van der Waals surface area contributed by atoms with Crippen LogP contribution in [0.25, 0.3) is 0 Å². The van der Waals surface area contributed by atoms with E-state index in [0.717, 1.165) is 24.0 Å². The molecule has 1 heterocycles. The zero-order valence-electron chi connectivity index (χ0n) is 14.6. The van der Waals surface area contributed by atoms with Crippen LogP contribution in [-0.2, 0) is 14.3 Å². The lowest BCUT2D eigenvalue weighted by Crippen LogP contribution is -2.49. The first-order chi connectivity index (χ1) is 12.7. The molecule has 0 aliphatic carbocycles. The summed E-state index contributed by atoms with van der Waals surface area (Å²) in [6.07, 6.45) is 1.80. The van der Waals surface area contributed by atoms with Gasteiger partial charge in [-0.25, -0.2) is 4.79 Å². The van der Waals surface area contributed by atoms with Gasteiger partial charge in [-0.1, -0.05) is 60.7 Å². The molecule has 1 aliphatic rings. The normalized spacial score (nSPS) is 17.3. The first-order valence-corrected chi connectivity index (χ1v) is 8.90. The van der Waals surface area contributed by atoms with Gasteiger partial charge in [-0.3, -0.25) is 4.79 Å². The predicted molar refractivity (Wildman–Crippen MR) is 97.7 cm³/mol. The molecule has 1 saturated heterocycles. The largest absolute Gasteiger partial charge is 0.480 e. The summed E-state index contributed by atoms with van der Waals surface area (Å²) in [7, 11) is 0. The van der Waals surface area contributed by atoms with E-state index in [2.05, 4.69) is 0 Å². The number of carbonyl (C=O) groups excluding carboxylic acids is 1. The van der Waals surface area contributed by atoms with Crippen molar-refractivity contribution in [2.75, 3.05) is 13.2 Å². The summed E-state index contributed by atoms with van der Waals surface area (Å²) < 4.78 is 5.97. The van der Waals surface area contributed by atoms with Crippen molar-refractivity contribution in [1.29, 1.82) is 0 Å². The molecule has 0 unspecified atom stereocenters. The Bertz CT molecular complexity index is 693. The average molecular weight is 353 g/mol. The maximum absolute atomic E-state index is 12.6. The number of benzene rings is 2. The molecular formula is C21H23NO4. The second-order valence-electron chi connectivity index (χ2n) is 6.45. The smallest absolute Gasteiger partial charge is 0.326 e. The van der Waals surface area contributed by atoms with Gasteiger partial charge in [0.2, 0.25) is 5.91 Å². The van der Waals surface area contributed by atoms with Crippen molar-refractivity contribution in [3.63, 3.8) is 0 Å². The van der Waals surface area contributed by atoms with Gasteiger partial charge >= 0.3 is 5.97 Å². The van der Waals surface area contributed by atoms with Gasteiger partial charge in [0.15, 0.2) is 0 Å². The lowest BCUT2D eigenvalue weighted by molar-refractivity contribution is -0.154. The summed E-state index contributed by atoms with van der Waals surface area (Å²) in [6, 6.07) is 18.7. The fourth-order valence-corrected chi connectivity index (χ4v) is 3.36. The van der Waals surface area contributed by atoms with Gasteiger partial charge in [-0.15, -0.1) is 0 Å². The molecule has 1 fully saturated rings. The number of aliphatic carboxylic acids is 1. The van der Waals surface area contributed by atoms with Crippen molar-refractivity contribution in [2.24, 2.45) is 0 Å². The van der Waals surface area contributed by atoms with Crippen LogP contribution in [0.15, 0.2) is 60.7 Å². The number of rotatable bonds is 6. The highest BCUT2D eigenvalue weighted by molar-refractivity contribution is 5.84. The maximum Gasteiger partial charge on any atom is 0.326 e. The van der Waals surface area contributed by atoms with Crippen LogP contribution in [0.5, 0.6) is 0 Å². The Labute approximate surface area is 153 Å². The molecule has 1 atom stereocenters. The Morgan fingerprint density at radius 2 is 1.58 bits per heavy atom. The van der Waals surface area contributed by atoms with Crippen molar-refractivity contribution < 1.29 is 19.4 Å². The first-order valence-electron chi connectivity index (χ1n) is 8.90. The van der Waals surface area contributed by atoms with Gasteiger partial charge < -0.3 is 14.7 Å². The molecule has 3 rings (SSSR count). The number of carboxylic acid groups (broad SMARTS) is 1. The second kappa shape index (κ2) is 8.63. The molecule has 0 radical (unpaired) electrons. The van der Waals surface area contributed by atoms with Crippen LogP contribution < -0.4 is 0 Å². The third-order valence-corrected chi connectivity index (χ3v) is 4.69. The van der Waals surface area contributed by atoms with E-state index in [9.17, 15) is 14.7 Å². The Hall–Kier alpha value is -2.66. The molecular weight excluding hydrogens is 330 g/mol. The van der Waals surface area contributed by atoms with Gasteiger partial charge in [0, 0.05) is 6.54 Å². The quantitative estimate of drug-likeness (QED) is 0.866. The lowest BCUT2D eigenvalue weighted by atomic mass is 10.0. The molecule has 2 aromatic rings. The van der Waals surface area contributed by atoms with Gasteiger partial charge in [-0.2, -0.15) is 0 Å². The summed E-state index contributed by atoms with van der Waals surface area (Å²) in [6.45, 7) is 0.332. The minimum Gasteiger partial charge on any atom is -0.480 e. The van der Waals surface area contributed by atoms with Crippen LogP contribution in [0.1, 0.15) is 36.5 Å². The minimum absolute atomic E-state index is 0.141. The predicted octanol–water partition coefficient (Wildman–Crippen LogP) is 3.26. The summed E-state index contributed by atoms with van der Waals surface area (Å²) in [5.41, 5.74) is 1.92. The van der Waals surface area contributed by atoms with Crippen molar-refractivity contribution >= 4 is 11.9 Å². The SMILES string of the molecule is O=C(O)[C@H]1CCCCN1C(=O)COC(c1ccccc1)c1ccccc1. The number of hydrogen-bond donors (Lipinski definition) is 1. The van der Waals surface area contributed by atoms with Gasteiger partial charge in [0.25, 0.3) is 0 Å². The molecule has 0 aromatic heterocycles. The number of ether oxygens (including phenoxy) is 1. The first kappa shape index (κ1) is 18.1. The van der Waals surface area contributed by atoms with Crippen molar-refractivity contribution in [1.82, 2.24) is 4.90 Å². The highest BCUT2D eigenvalue weighted by atomic mass is 16.5. The molecule has 26 heavy (non-hydrogen) atoms. The molecule has 1 N–H and O–H groups in total. The molecule has 0 bridgehead atoms. The number of amides is 1. The van der Waals surface area contributed by atoms with Crippen LogP contribution in [0.4, 0.5) is 0 Å². The summed E-state index contributed by atoms with van der Waals surface area (Å²) >= 11 is 0. The van der Waals surface area contributed by atoms with Crippen LogP contribution in [0, 0.1) is 0 Å². The fraction of sp³-hybridized carbons (Fsp3) is 0.333. The number of carbonyl (C=O) groups is 2. The van der Waals surface area contributed by atoms with Gasteiger partial charge in [0.05, 0.1) is 0 Å². The van der Waals surface area contributed by atoms with E-state index in [4.69, 9.17) is 4.74 Å². The number of carboxylic acids is 1. The van der Waals surface area contributed by atoms with Crippen molar-refractivity contribution in [2.45, 2.75) is 31.4 Å². The molecule has 1 amide bonds. The molecule has 0 spiro atoms. The third-order valence-electron chi connectivity index (χ3n) is 4.69. The molecule has 0 saturated carbocycles. The van der Waals surface area contributed by atoms with Gasteiger partial charge in [-0.05, 0) is 30.4 Å². The highest BCUT2D eigenvalue weighted by Crippen LogP contribution is 2.26. The number of likely N-dealkylation sites (tertiary alicyclic amines) is 1. The standard InChI is InChI=1S/C21H23NO4/c23-19(22-14-8-7-13-18(22)21(24)25)15-26-20(16-9-3-1-4-10-16)17-11-5-2-6-12-17/h1-6,9-12,18,20H,7-8,13-15H2,(H,24,25)/t18-/m1/s1. The monoisotopic (exact) mass is 353 g/mol. The highest BCUT2D eigenvalue weighted by Gasteiger charge is 2.32. The van der Waals surface area contributed by atoms with Crippen LogP contribution in [0.3, 0.4) is 0 Å². The van der Waals surface area contributed by atoms with E-state index in [1.807, 2.05) is 60.7 Å². The van der Waals surface area contributed by atoms with E-state index in [1.165, 1.54) is 4.90 Å². The number of piperidine rings is 1. The molecule has 5 nitrogen and oxygen atoms in total. The Morgan fingerprint density at radius 3 is 2.12 bits per heavy atom. The number of nitrogens with zero attached hydrogens (tertiary/aromatic N) is 1. The number of hydrogen-bond acceptors (Lipinski definition) is 3. The summed E-state index contributed by atoms with van der Waals surface area (Å²) in [5, 5.41) is 9.36. The van der Waals surface area contributed by atoms with Crippen LogP contribution >= 0.6 is 0 Å². The van der Waals surface area contributed by atoms with E-state index < -0.39 is 12.0 Å². The maximum atomic E-state index is 12.6. The van der Waals surface area contributed by atoms with E-state index in [0.29, 0.717) is 13.0 Å². The molecule has 2 aromatic carbocycles.